The van der Waals surface area contributed by atoms with E-state index in [1.54, 1.807) is 4.68 Å². The fraction of sp³-hybridized carbons (Fsp3) is 0.692. The number of hydrogen-bond donors (Lipinski definition) is 2. The van der Waals surface area contributed by atoms with E-state index < -0.39 is 6.04 Å². The molecule has 0 saturated heterocycles. The molecule has 0 fully saturated rings. The molecule has 0 aliphatic rings. The normalized spacial score (nSPS) is 13.8. The van der Waals surface area contributed by atoms with E-state index in [1.807, 2.05) is 47.9 Å². The maximum absolute atomic E-state index is 12.1. The van der Waals surface area contributed by atoms with Crippen LogP contribution in [0, 0.1) is 5.41 Å². The van der Waals surface area contributed by atoms with Crippen LogP contribution in [0.5, 0.6) is 0 Å². The lowest BCUT2D eigenvalue weighted by atomic mass is 9.87. The Labute approximate surface area is 109 Å². The Morgan fingerprint density at radius 1 is 1.44 bits per heavy atom. The van der Waals surface area contributed by atoms with Gasteiger partial charge in [-0.2, -0.15) is 5.10 Å². The molecule has 5 nitrogen and oxygen atoms in total. The zero-order valence-corrected chi connectivity index (χ0v) is 12.1. The predicted octanol–water partition coefficient (Wildman–Crippen LogP) is 1.86. The van der Waals surface area contributed by atoms with E-state index in [0.29, 0.717) is 0 Å². The van der Waals surface area contributed by atoms with E-state index in [4.69, 9.17) is 5.73 Å². The first-order valence-corrected chi connectivity index (χ1v) is 6.23. The monoisotopic (exact) mass is 252 g/mol. The van der Waals surface area contributed by atoms with Gasteiger partial charge in [-0.15, -0.1) is 0 Å². The Morgan fingerprint density at radius 3 is 2.44 bits per heavy atom. The molecule has 0 aromatic carbocycles. The van der Waals surface area contributed by atoms with Crippen LogP contribution in [-0.2, 0) is 11.8 Å². The van der Waals surface area contributed by atoms with Gasteiger partial charge >= 0.3 is 0 Å². The Bertz CT molecular complexity index is 429. The number of hydrogen-bond acceptors (Lipinski definition) is 3. The number of aryl methyl sites for hydroxylation is 1. The average molecular weight is 252 g/mol. The first-order chi connectivity index (χ1) is 8.12. The predicted molar refractivity (Wildman–Crippen MR) is 73.4 cm³/mol. The third-order valence-electron chi connectivity index (χ3n) is 2.88. The lowest BCUT2D eigenvalue weighted by molar-refractivity contribution is -0.119. The van der Waals surface area contributed by atoms with Crippen LogP contribution in [0.2, 0.25) is 0 Å². The number of nitrogens with zero attached hydrogens (tertiary/aromatic N) is 2. The van der Waals surface area contributed by atoms with Gasteiger partial charge in [-0.25, -0.2) is 0 Å². The van der Waals surface area contributed by atoms with Crippen LogP contribution in [0.1, 0.15) is 46.2 Å². The fourth-order valence-electron chi connectivity index (χ4n) is 1.63. The number of rotatable bonds is 3. The Kier molecular flexibility index (Phi) is 4.16. The molecular weight excluding hydrogens is 228 g/mol. The van der Waals surface area contributed by atoms with Crippen LogP contribution in [-0.4, -0.2) is 21.7 Å². The van der Waals surface area contributed by atoms with Gasteiger partial charge in [0.1, 0.15) is 0 Å². The quantitative estimate of drug-likeness (QED) is 0.862. The lowest BCUT2D eigenvalue weighted by Gasteiger charge is -2.25. The van der Waals surface area contributed by atoms with E-state index in [0.717, 1.165) is 11.4 Å². The van der Waals surface area contributed by atoms with Crippen molar-refractivity contribution in [1.82, 2.24) is 9.78 Å². The van der Waals surface area contributed by atoms with Crippen molar-refractivity contribution in [3.05, 3.63) is 11.9 Å². The van der Waals surface area contributed by atoms with E-state index in [-0.39, 0.29) is 17.2 Å². The van der Waals surface area contributed by atoms with Gasteiger partial charge in [0.15, 0.2) is 0 Å². The first-order valence-electron chi connectivity index (χ1n) is 6.23. The number of amides is 1. The molecule has 1 heterocycles. The highest BCUT2D eigenvalue weighted by atomic mass is 16.2. The molecule has 102 valence electrons. The van der Waals surface area contributed by atoms with Crippen molar-refractivity contribution < 1.29 is 4.79 Å². The second-order valence-electron chi connectivity index (χ2n) is 6.09. The Morgan fingerprint density at radius 2 is 2.00 bits per heavy atom. The van der Waals surface area contributed by atoms with Gasteiger partial charge < -0.3 is 11.1 Å². The summed E-state index contributed by atoms with van der Waals surface area (Å²) in [6, 6.07) is -0.544. The summed E-state index contributed by atoms with van der Waals surface area (Å²) >= 11 is 0. The summed E-state index contributed by atoms with van der Waals surface area (Å²) in [6.07, 6.45) is 1.81. The maximum atomic E-state index is 12.1. The van der Waals surface area contributed by atoms with Gasteiger partial charge in [0.25, 0.3) is 0 Å². The van der Waals surface area contributed by atoms with Crippen LogP contribution in [0.3, 0.4) is 0 Å². The number of carbonyl (C=O) groups is 1. The van der Waals surface area contributed by atoms with Gasteiger partial charge in [-0.1, -0.05) is 34.6 Å². The molecule has 1 unspecified atom stereocenters. The van der Waals surface area contributed by atoms with Gasteiger partial charge in [0.05, 0.1) is 17.4 Å². The van der Waals surface area contributed by atoms with Crippen molar-refractivity contribution >= 4 is 11.6 Å². The molecule has 3 N–H and O–H groups in total. The highest BCUT2D eigenvalue weighted by Crippen LogP contribution is 2.24. The third kappa shape index (κ3) is 3.32. The van der Waals surface area contributed by atoms with Crippen LogP contribution in [0.25, 0.3) is 0 Å². The number of nitrogens with two attached hydrogens (primary N) is 1. The fourth-order valence-corrected chi connectivity index (χ4v) is 1.63. The van der Waals surface area contributed by atoms with Crippen molar-refractivity contribution in [2.75, 3.05) is 5.32 Å². The maximum Gasteiger partial charge on any atom is 0.241 e. The molecule has 0 saturated carbocycles. The standard InChI is InChI=1S/C13H24N4O/c1-8(2)10-9(7-17(6)16-10)15-12(18)11(14)13(3,4)5/h7-8,11H,14H2,1-6H3,(H,15,18). The second-order valence-corrected chi connectivity index (χ2v) is 6.09. The second kappa shape index (κ2) is 5.10. The minimum atomic E-state index is -0.544. The minimum absolute atomic E-state index is 0.169. The molecule has 0 aliphatic carbocycles. The topological polar surface area (TPSA) is 72.9 Å². The molecular formula is C13H24N4O. The first kappa shape index (κ1) is 14.7. The molecule has 1 amide bonds. The molecule has 1 aromatic heterocycles. The van der Waals surface area contributed by atoms with Crippen LogP contribution < -0.4 is 11.1 Å². The summed E-state index contributed by atoms with van der Waals surface area (Å²) in [5.74, 6) is 0.0877. The molecule has 1 rings (SSSR count). The van der Waals surface area contributed by atoms with Gasteiger partial charge in [0, 0.05) is 13.2 Å². The SMILES string of the molecule is CC(C)c1nn(C)cc1NC(=O)C(N)C(C)(C)C. The zero-order chi connectivity index (χ0) is 14.1. The van der Waals surface area contributed by atoms with Gasteiger partial charge in [-0.3, -0.25) is 9.48 Å². The number of carbonyl (C=O) groups excluding carboxylic acids is 1. The van der Waals surface area contributed by atoms with E-state index in [2.05, 4.69) is 10.4 Å². The molecule has 0 bridgehead atoms. The summed E-state index contributed by atoms with van der Waals surface area (Å²) in [6.45, 7) is 9.93. The molecule has 5 heteroatoms. The Balaban J connectivity index is 2.88. The van der Waals surface area contributed by atoms with E-state index in [9.17, 15) is 4.79 Å². The van der Waals surface area contributed by atoms with Crippen molar-refractivity contribution in [3.63, 3.8) is 0 Å². The smallest absolute Gasteiger partial charge is 0.241 e. The van der Waals surface area contributed by atoms with E-state index >= 15 is 0 Å². The summed E-state index contributed by atoms with van der Waals surface area (Å²) in [5.41, 5.74) is 7.31. The molecule has 0 spiro atoms. The summed E-state index contributed by atoms with van der Waals surface area (Å²) in [4.78, 5) is 12.1. The third-order valence-corrected chi connectivity index (χ3v) is 2.88. The molecule has 0 aliphatic heterocycles. The lowest BCUT2D eigenvalue weighted by Crippen LogP contribution is -2.45. The number of aromatic nitrogens is 2. The van der Waals surface area contributed by atoms with Gasteiger partial charge in [0.2, 0.25) is 5.91 Å². The van der Waals surface area contributed by atoms with Crippen LogP contribution in [0.15, 0.2) is 6.20 Å². The summed E-state index contributed by atoms with van der Waals surface area (Å²) in [7, 11) is 1.84. The highest BCUT2D eigenvalue weighted by Gasteiger charge is 2.28. The summed E-state index contributed by atoms with van der Waals surface area (Å²) in [5, 5.41) is 7.22. The van der Waals surface area contributed by atoms with Crippen molar-refractivity contribution in [3.8, 4) is 0 Å². The Hall–Kier alpha value is -1.36. The molecule has 0 radical (unpaired) electrons. The summed E-state index contributed by atoms with van der Waals surface area (Å²) < 4.78 is 1.70. The van der Waals surface area contributed by atoms with Gasteiger partial charge in [-0.05, 0) is 11.3 Å². The number of anilines is 1. The molecule has 1 aromatic rings. The van der Waals surface area contributed by atoms with Crippen LogP contribution in [0.4, 0.5) is 5.69 Å². The highest BCUT2D eigenvalue weighted by molar-refractivity contribution is 5.95. The van der Waals surface area contributed by atoms with E-state index in [1.165, 1.54) is 0 Å². The minimum Gasteiger partial charge on any atom is -0.322 e. The zero-order valence-electron chi connectivity index (χ0n) is 12.1. The average Bonchev–Trinajstić information content (AvgIpc) is 2.57. The largest absolute Gasteiger partial charge is 0.322 e. The van der Waals surface area contributed by atoms with Crippen molar-refractivity contribution in [1.29, 1.82) is 0 Å². The molecule has 18 heavy (non-hydrogen) atoms. The van der Waals surface area contributed by atoms with Crippen molar-refractivity contribution in [2.45, 2.75) is 46.6 Å². The molecule has 1 atom stereocenters. The number of nitrogens with one attached hydrogen (secondary N) is 1. The van der Waals surface area contributed by atoms with Crippen LogP contribution >= 0.6 is 0 Å². The van der Waals surface area contributed by atoms with Crippen molar-refractivity contribution in [2.24, 2.45) is 18.2 Å².